The molecule has 0 unspecified atom stereocenters. The summed E-state index contributed by atoms with van der Waals surface area (Å²) >= 11 is 5.89. The first-order valence-corrected chi connectivity index (χ1v) is 7.79. The SMILES string of the molecule is Cc1ccc(/C=C/C(=O)OCC(=O)Nc2cc(Cl)ccc2C)cc1. The van der Waals surface area contributed by atoms with E-state index in [0.717, 1.165) is 16.7 Å². The van der Waals surface area contributed by atoms with Gasteiger partial charge in [-0.25, -0.2) is 4.79 Å². The molecule has 0 saturated carbocycles. The molecule has 2 aromatic rings. The molecule has 0 aliphatic carbocycles. The van der Waals surface area contributed by atoms with Crippen molar-refractivity contribution in [1.29, 1.82) is 0 Å². The summed E-state index contributed by atoms with van der Waals surface area (Å²) in [6.07, 6.45) is 2.93. The summed E-state index contributed by atoms with van der Waals surface area (Å²) in [6, 6.07) is 12.9. The first-order chi connectivity index (χ1) is 11.4. The Bertz CT molecular complexity index is 767. The predicted octanol–water partition coefficient (Wildman–Crippen LogP) is 4.15. The fraction of sp³-hybridized carbons (Fsp3) is 0.158. The Morgan fingerprint density at radius 1 is 1.12 bits per heavy atom. The maximum atomic E-state index is 11.8. The molecule has 1 N–H and O–H groups in total. The van der Waals surface area contributed by atoms with E-state index in [1.165, 1.54) is 6.08 Å². The molecule has 0 spiro atoms. The predicted molar refractivity (Wildman–Crippen MR) is 96.0 cm³/mol. The molecule has 1 amide bonds. The van der Waals surface area contributed by atoms with Crippen LogP contribution in [0.1, 0.15) is 16.7 Å². The number of rotatable bonds is 5. The number of ether oxygens (including phenoxy) is 1. The number of aryl methyl sites for hydroxylation is 2. The summed E-state index contributed by atoms with van der Waals surface area (Å²) in [7, 11) is 0. The van der Waals surface area contributed by atoms with E-state index in [9.17, 15) is 9.59 Å². The van der Waals surface area contributed by atoms with E-state index in [0.29, 0.717) is 10.7 Å². The van der Waals surface area contributed by atoms with E-state index in [-0.39, 0.29) is 6.61 Å². The van der Waals surface area contributed by atoms with Crippen LogP contribution in [0.4, 0.5) is 5.69 Å². The van der Waals surface area contributed by atoms with Crippen LogP contribution < -0.4 is 5.32 Å². The molecule has 0 fully saturated rings. The Labute approximate surface area is 146 Å². The third-order valence-electron chi connectivity index (χ3n) is 3.31. The monoisotopic (exact) mass is 343 g/mol. The van der Waals surface area contributed by atoms with Gasteiger partial charge in [-0.05, 0) is 43.2 Å². The molecule has 0 heterocycles. The summed E-state index contributed by atoms with van der Waals surface area (Å²) in [4.78, 5) is 23.5. The van der Waals surface area contributed by atoms with Crippen molar-refractivity contribution in [3.05, 3.63) is 70.3 Å². The van der Waals surface area contributed by atoms with Gasteiger partial charge >= 0.3 is 5.97 Å². The number of benzene rings is 2. The summed E-state index contributed by atoms with van der Waals surface area (Å²) < 4.78 is 4.92. The fourth-order valence-electron chi connectivity index (χ4n) is 1.94. The quantitative estimate of drug-likeness (QED) is 0.655. The van der Waals surface area contributed by atoms with Crippen molar-refractivity contribution in [1.82, 2.24) is 0 Å². The molecule has 0 bridgehead atoms. The highest BCUT2D eigenvalue weighted by atomic mass is 35.5. The zero-order chi connectivity index (χ0) is 17.5. The van der Waals surface area contributed by atoms with E-state index in [1.807, 2.05) is 38.1 Å². The van der Waals surface area contributed by atoms with Gasteiger partial charge in [0, 0.05) is 16.8 Å². The maximum absolute atomic E-state index is 11.8. The lowest BCUT2D eigenvalue weighted by Crippen LogP contribution is -2.20. The van der Waals surface area contributed by atoms with Crippen molar-refractivity contribution in [2.24, 2.45) is 0 Å². The van der Waals surface area contributed by atoms with Crippen LogP contribution in [0, 0.1) is 13.8 Å². The van der Waals surface area contributed by atoms with Crippen LogP contribution in [0.15, 0.2) is 48.5 Å². The van der Waals surface area contributed by atoms with Gasteiger partial charge in [0.1, 0.15) is 0 Å². The van der Waals surface area contributed by atoms with Crippen molar-refractivity contribution < 1.29 is 14.3 Å². The average Bonchev–Trinajstić information content (AvgIpc) is 2.56. The van der Waals surface area contributed by atoms with Gasteiger partial charge in [-0.15, -0.1) is 0 Å². The number of amides is 1. The molecular weight excluding hydrogens is 326 g/mol. The topological polar surface area (TPSA) is 55.4 Å². The molecular formula is C19H18ClNO3. The Balaban J connectivity index is 1.83. The number of hydrogen-bond acceptors (Lipinski definition) is 3. The summed E-state index contributed by atoms with van der Waals surface area (Å²) in [5.41, 5.74) is 3.50. The van der Waals surface area contributed by atoms with Gasteiger partial charge in [0.25, 0.3) is 5.91 Å². The molecule has 0 aromatic heterocycles. The molecule has 2 rings (SSSR count). The molecule has 5 heteroatoms. The van der Waals surface area contributed by atoms with Gasteiger partial charge in [0.15, 0.2) is 6.61 Å². The third kappa shape index (κ3) is 5.56. The van der Waals surface area contributed by atoms with E-state index < -0.39 is 11.9 Å². The van der Waals surface area contributed by atoms with Crippen molar-refractivity contribution >= 4 is 35.2 Å². The molecule has 0 saturated heterocycles. The Morgan fingerprint density at radius 3 is 2.54 bits per heavy atom. The second-order valence-electron chi connectivity index (χ2n) is 5.36. The van der Waals surface area contributed by atoms with E-state index >= 15 is 0 Å². The number of halogens is 1. The Kier molecular flexibility index (Phi) is 6.15. The summed E-state index contributed by atoms with van der Waals surface area (Å²) in [5, 5.41) is 3.18. The largest absolute Gasteiger partial charge is 0.452 e. The normalized spacial score (nSPS) is 10.6. The minimum Gasteiger partial charge on any atom is -0.452 e. The molecule has 124 valence electrons. The summed E-state index contributed by atoms with van der Waals surface area (Å²) in [5.74, 6) is -0.994. The lowest BCUT2D eigenvalue weighted by molar-refractivity contribution is -0.142. The van der Waals surface area contributed by atoms with Gasteiger partial charge in [0.2, 0.25) is 0 Å². The Morgan fingerprint density at radius 2 is 1.83 bits per heavy atom. The first-order valence-electron chi connectivity index (χ1n) is 7.41. The minimum atomic E-state index is -0.575. The van der Waals surface area contributed by atoms with Crippen molar-refractivity contribution in [3.8, 4) is 0 Å². The summed E-state index contributed by atoms with van der Waals surface area (Å²) in [6.45, 7) is 3.48. The lowest BCUT2D eigenvalue weighted by Gasteiger charge is -2.08. The molecule has 0 aliphatic heterocycles. The van der Waals surface area contributed by atoms with Crippen LogP contribution in [-0.2, 0) is 14.3 Å². The number of esters is 1. The van der Waals surface area contributed by atoms with Gasteiger partial charge in [-0.1, -0.05) is 47.5 Å². The second-order valence-corrected chi connectivity index (χ2v) is 5.80. The zero-order valence-corrected chi connectivity index (χ0v) is 14.3. The Hall–Kier alpha value is -2.59. The number of carbonyl (C=O) groups excluding carboxylic acids is 2. The molecule has 0 atom stereocenters. The van der Waals surface area contributed by atoms with Crippen molar-refractivity contribution in [3.63, 3.8) is 0 Å². The molecule has 24 heavy (non-hydrogen) atoms. The molecule has 4 nitrogen and oxygen atoms in total. The molecule has 2 aromatic carbocycles. The van der Waals surface area contributed by atoms with E-state index in [1.54, 1.807) is 24.3 Å². The second kappa shape index (κ2) is 8.31. The number of nitrogens with one attached hydrogen (secondary N) is 1. The first kappa shape index (κ1) is 17.8. The van der Waals surface area contributed by atoms with Gasteiger partial charge < -0.3 is 10.1 Å². The van der Waals surface area contributed by atoms with Crippen LogP contribution in [0.5, 0.6) is 0 Å². The zero-order valence-electron chi connectivity index (χ0n) is 13.5. The number of carbonyl (C=O) groups is 2. The van der Waals surface area contributed by atoms with Crippen molar-refractivity contribution in [2.75, 3.05) is 11.9 Å². The lowest BCUT2D eigenvalue weighted by atomic mass is 10.1. The fourth-order valence-corrected chi connectivity index (χ4v) is 2.11. The third-order valence-corrected chi connectivity index (χ3v) is 3.54. The molecule has 0 radical (unpaired) electrons. The highest BCUT2D eigenvalue weighted by Gasteiger charge is 2.08. The minimum absolute atomic E-state index is 0.358. The van der Waals surface area contributed by atoms with Crippen LogP contribution in [-0.4, -0.2) is 18.5 Å². The standard InChI is InChI=1S/C19H18ClNO3/c1-13-3-6-15(7-4-13)8-10-19(23)24-12-18(22)21-17-11-16(20)9-5-14(17)2/h3-11H,12H2,1-2H3,(H,21,22)/b10-8+. The van der Waals surface area contributed by atoms with Crippen LogP contribution in [0.3, 0.4) is 0 Å². The smallest absolute Gasteiger partial charge is 0.331 e. The molecule has 0 aliphatic rings. The highest BCUT2D eigenvalue weighted by molar-refractivity contribution is 6.31. The van der Waals surface area contributed by atoms with Crippen LogP contribution in [0.2, 0.25) is 5.02 Å². The van der Waals surface area contributed by atoms with Crippen LogP contribution in [0.25, 0.3) is 6.08 Å². The van der Waals surface area contributed by atoms with E-state index in [4.69, 9.17) is 16.3 Å². The van der Waals surface area contributed by atoms with E-state index in [2.05, 4.69) is 5.32 Å². The van der Waals surface area contributed by atoms with Gasteiger partial charge in [-0.3, -0.25) is 4.79 Å². The number of hydrogen-bond donors (Lipinski definition) is 1. The van der Waals surface area contributed by atoms with Gasteiger partial charge in [0.05, 0.1) is 0 Å². The van der Waals surface area contributed by atoms with Crippen molar-refractivity contribution in [2.45, 2.75) is 13.8 Å². The maximum Gasteiger partial charge on any atom is 0.331 e. The number of anilines is 1. The van der Waals surface area contributed by atoms with Gasteiger partial charge in [-0.2, -0.15) is 0 Å². The van der Waals surface area contributed by atoms with Crippen LogP contribution >= 0.6 is 11.6 Å². The highest BCUT2D eigenvalue weighted by Crippen LogP contribution is 2.19. The average molecular weight is 344 g/mol.